The molecule has 9 heteroatoms. The molecule has 0 unspecified atom stereocenters. The summed E-state index contributed by atoms with van der Waals surface area (Å²) in [7, 11) is -3.22. The van der Waals surface area contributed by atoms with Crippen LogP contribution in [0.2, 0.25) is 0 Å². The Balaban J connectivity index is 1.44. The van der Waals surface area contributed by atoms with Gasteiger partial charge in [0, 0.05) is 36.9 Å². The number of carbonyl (C=O) groups excluding carboxylic acids is 2. The number of sulfonamides is 1. The normalized spacial score (nSPS) is 17.9. The van der Waals surface area contributed by atoms with E-state index in [1.54, 1.807) is 17.0 Å². The number of carbonyl (C=O) groups is 2. The Morgan fingerprint density at radius 2 is 1.90 bits per heavy atom. The number of furan rings is 1. The molecule has 2 aromatic rings. The minimum atomic E-state index is -3.22. The monoisotopic (exact) mass is 417 g/mol. The van der Waals surface area contributed by atoms with Gasteiger partial charge in [-0.05, 0) is 49.1 Å². The molecule has 4 rings (SSSR count). The van der Waals surface area contributed by atoms with Gasteiger partial charge in [-0.25, -0.2) is 12.7 Å². The highest BCUT2D eigenvalue weighted by Crippen LogP contribution is 2.32. The van der Waals surface area contributed by atoms with Crippen molar-refractivity contribution < 1.29 is 22.4 Å². The predicted octanol–water partition coefficient (Wildman–Crippen LogP) is 2.09. The van der Waals surface area contributed by atoms with Crippen molar-refractivity contribution in [3.63, 3.8) is 0 Å². The van der Waals surface area contributed by atoms with Gasteiger partial charge in [-0.2, -0.15) is 0 Å². The van der Waals surface area contributed by atoms with Crippen molar-refractivity contribution in [3.8, 4) is 0 Å². The summed E-state index contributed by atoms with van der Waals surface area (Å²) >= 11 is 0. The van der Waals surface area contributed by atoms with E-state index in [0.29, 0.717) is 38.2 Å². The lowest BCUT2D eigenvalue weighted by atomic mass is 9.97. The van der Waals surface area contributed by atoms with Crippen molar-refractivity contribution >= 4 is 33.2 Å². The highest BCUT2D eigenvalue weighted by Gasteiger charge is 2.30. The molecular weight excluding hydrogens is 394 g/mol. The second-order valence-electron chi connectivity index (χ2n) is 7.45. The van der Waals surface area contributed by atoms with E-state index in [1.807, 2.05) is 18.2 Å². The smallest absolute Gasteiger partial charge is 0.293 e. The molecule has 0 saturated carbocycles. The van der Waals surface area contributed by atoms with Crippen LogP contribution in [0.3, 0.4) is 0 Å². The Bertz CT molecular complexity index is 1020. The number of piperidine rings is 1. The first-order chi connectivity index (χ1) is 13.8. The first-order valence-corrected chi connectivity index (χ1v) is 11.4. The van der Waals surface area contributed by atoms with E-state index in [9.17, 15) is 18.0 Å². The molecule has 2 amide bonds. The maximum Gasteiger partial charge on any atom is 0.293 e. The largest absolute Gasteiger partial charge is 0.459 e. The van der Waals surface area contributed by atoms with E-state index in [-0.39, 0.29) is 23.5 Å². The zero-order valence-electron chi connectivity index (χ0n) is 16.1. The van der Waals surface area contributed by atoms with Gasteiger partial charge in [0.1, 0.15) is 0 Å². The van der Waals surface area contributed by atoms with Crippen LogP contribution in [0.1, 0.15) is 29.0 Å². The van der Waals surface area contributed by atoms with Gasteiger partial charge in [-0.15, -0.1) is 0 Å². The summed E-state index contributed by atoms with van der Waals surface area (Å²) in [5.74, 6) is -0.280. The van der Waals surface area contributed by atoms with Crippen molar-refractivity contribution in [2.45, 2.75) is 19.3 Å². The van der Waals surface area contributed by atoms with Gasteiger partial charge >= 0.3 is 0 Å². The molecule has 2 aliphatic rings. The standard InChI is InChI=1S/C20H23N3O5S/c1-29(26,27)22-9-6-15(7-10-22)19(24)21-16-5-4-14-8-11-23(17(14)13-16)20(25)18-3-2-12-28-18/h2-5,12-13,15H,6-11H2,1H3,(H,21,24). The quantitative estimate of drug-likeness (QED) is 0.821. The fourth-order valence-electron chi connectivity index (χ4n) is 3.90. The van der Waals surface area contributed by atoms with Gasteiger partial charge in [-0.3, -0.25) is 9.59 Å². The number of benzene rings is 1. The molecule has 8 nitrogen and oxygen atoms in total. The topological polar surface area (TPSA) is 99.9 Å². The molecule has 0 atom stereocenters. The molecule has 2 aliphatic heterocycles. The first-order valence-electron chi connectivity index (χ1n) is 9.57. The van der Waals surface area contributed by atoms with Gasteiger partial charge in [0.2, 0.25) is 15.9 Å². The van der Waals surface area contributed by atoms with Crippen LogP contribution in [0, 0.1) is 5.92 Å². The third-order valence-electron chi connectivity index (χ3n) is 5.52. The maximum absolute atomic E-state index is 12.7. The molecule has 1 saturated heterocycles. The second-order valence-corrected chi connectivity index (χ2v) is 9.44. The molecule has 1 aromatic carbocycles. The van der Waals surface area contributed by atoms with Crippen LogP contribution in [0.15, 0.2) is 41.0 Å². The number of fused-ring (bicyclic) bond motifs is 1. The number of amides is 2. The first kappa shape index (κ1) is 19.7. The number of nitrogens with zero attached hydrogens (tertiary/aromatic N) is 2. The summed E-state index contributed by atoms with van der Waals surface area (Å²) in [6, 6.07) is 8.88. The molecule has 29 heavy (non-hydrogen) atoms. The van der Waals surface area contributed by atoms with Gasteiger partial charge in [0.05, 0.1) is 12.5 Å². The van der Waals surface area contributed by atoms with Crippen LogP contribution >= 0.6 is 0 Å². The number of rotatable bonds is 4. The predicted molar refractivity (Wildman–Crippen MR) is 108 cm³/mol. The van der Waals surface area contributed by atoms with Gasteiger partial charge in [0.25, 0.3) is 5.91 Å². The minimum absolute atomic E-state index is 0.125. The van der Waals surface area contributed by atoms with Crippen molar-refractivity contribution in [3.05, 3.63) is 47.9 Å². The van der Waals surface area contributed by atoms with E-state index in [4.69, 9.17) is 4.42 Å². The minimum Gasteiger partial charge on any atom is -0.459 e. The van der Waals surface area contributed by atoms with Crippen LogP contribution in [-0.4, -0.2) is 50.4 Å². The molecule has 0 spiro atoms. The zero-order valence-corrected chi connectivity index (χ0v) is 16.9. The number of anilines is 2. The van der Waals surface area contributed by atoms with Crippen molar-refractivity contribution in [2.75, 3.05) is 36.1 Å². The van der Waals surface area contributed by atoms with E-state index in [1.165, 1.54) is 16.8 Å². The molecule has 1 aromatic heterocycles. The average molecular weight is 417 g/mol. The van der Waals surface area contributed by atoms with Gasteiger partial charge in [0.15, 0.2) is 5.76 Å². The summed E-state index contributed by atoms with van der Waals surface area (Å²) in [6.45, 7) is 1.27. The van der Waals surface area contributed by atoms with Crippen LogP contribution in [0.4, 0.5) is 11.4 Å². The molecule has 0 radical (unpaired) electrons. The van der Waals surface area contributed by atoms with E-state index in [0.717, 1.165) is 17.7 Å². The van der Waals surface area contributed by atoms with E-state index >= 15 is 0 Å². The fraction of sp³-hybridized carbons (Fsp3) is 0.400. The maximum atomic E-state index is 12.7. The highest BCUT2D eigenvalue weighted by molar-refractivity contribution is 7.88. The molecular formula is C20H23N3O5S. The summed E-state index contributed by atoms with van der Waals surface area (Å²) in [4.78, 5) is 27.0. The van der Waals surface area contributed by atoms with Crippen LogP contribution in [0.5, 0.6) is 0 Å². The molecule has 0 bridgehead atoms. The van der Waals surface area contributed by atoms with Crippen molar-refractivity contribution in [1.29, 1.82) is 0 Å². The average Bonchev–Trinajstić information content (AvgIpc) is 3.37. The highest BCUT2D eigenvalue weighted by atomic mass is 32.2. The Kier molecular flexibility index (Phi) is 5.18. The second kappa shape index (κ2) is 7.64. The molecule has 3 heterocycles. The van der Waals surface area contributed by atoms with Crippen LogP contribution in [0.25, 0.3) is 0 Å². The van der Waals surface area contributed by atoms with Gasteiger partial charge < -0.3 is 14.6 Å². The van der Waals surface area contributed by atoms with E-state index < -0.39 is 10.0 Å². The lowest BCUT2D eigenvalue weighted by Gasteiger charge is -2.29. The molecule has 154 valence electrons. The number of hydrogen-bond acceptors (Lipinski definition) is 5. The number of nitrogens with one attached hydrogen (secondary N) is 1. The Labute approximate surface area is 169 Å². The molecule has 1 N–H and O–H groups in total. The summed E-state index contributed by atoms with van der Waals surface area (Å²) in [6.07, 6.45) is 4.39. The van der Waals surface area contributed by atoms with Crippen molar-refractivity contribution in [1.82, 2.24) is 4.31 Å². The van der Waals surface area contributed by atoms with Gasteiger partial charge in [-0.1, -0.05) is 6.07 Å². The Morgan fingerprint density at radius 1 is 1.14 bits per heavy atom. The van der Waals surface area contributed by atoms with E-state index in [2.05, 4.69) is 5.32 Å². The summed E-state index contributed by atoms with van der Waals surface area (Å²) in [5, 5.41) is 2.92. The Morgan fingerprint density at radius 3 is 2.55 bits per heavy atom. The Hall–Kier alpha value is -2.65. The van der Waals surface area contributed by atoms with Crippen molar-refractivity contribution in [2.24, 2.45) is 5.92 Å². The third kappa shape index (κ3) is 4.06. The lowest BCUT2D eigenvalue weighted by molar-refractivity contribution is -0.120. The molecule has 1 fully saturated rings. The zero-order chi connectivity index (χ0) is 20.6. The third-order valence-corrected chi connectivity index (χ3v) is 6.82. The summed E-state index contributed by atoms with van der Waals surface area (Å²) < 4.78 is 29.9. The number of hydrogen-bond donors (Lipinski definition) is 1. The molecule has 0 aliphatic carbocycles. The fourth-order valence-corrected chi connectivity index (χ4v) is 4.77. The SMILES string of the molecule is CS(=O)(=O)N1CCC(C(=O)Nc2ccc3c(c2)N(C(=O)c2ccco2)CC3)CC1. The summed E-state index contributed by atoms with van der Waals surface area (Å²) in [5.41, 5.74) is 2.44. The van der Waals surface area contributed by atoms with Crippen LogP contribution < -0.4 is 10.2 Å². The lowest BCUT2D eigenvalue weighted by Crippen LogP contribution is -2.40. The van der Waals surface area contributed by atoms with Crippen LogP contribution in [-0.2, 0) is 21.2 Å².